The number of hydrogen-bond donors (Lipinski definition) is 1. The lowest BCUT2D eigenvalue weighted by molar-refractivity contribution is 0.0274. The number of ether oxygens (including phenoxy) is 3. The quantitative estimate of drug-likeness (QED) is 0.450. The average Bonchev–Trinajstić information content (AvgIpc) is 2.40. The van der Waals surface area contributed by atoms with Gasteiger partial charge in [-0.1, -0.05) is 19.9 Å². The smallest absolute Gasteiger partial charge is 0.342 e. The molecule has 0 atom stereocenters. The van der Waals surface area contributed by atoms with E-state index in [2.05, 4.69) is 13.8 Å². The third-order valence-corrected chi connectivity index (χ3v) is 2.47. The number of carbonyl (C=O) groups is 1. The van der Waals surface area contributed by atoms with Crippen LogP contribution in [-0.2, 0) is 9.47 Å². The Morgan fingerprint density at radius 2 is 2.05 bits per heavy atom. The lowest BCUT2D eigenvalue weighted by Crippen LogP contribution is -2.14. The summed E-state index contributed by atoms with van der Waals surface area (Å²) in [7, 11) is 0. The second-order valence-electron chi connectivity index (χ2n) is 4.76. The van der Waals surface area contributed by atoms with Crippen LogP contribution in [0.25, 0.3) is 0 Å². The Morgan fingerprint density at radius 1 is 1.30 bits per heavy atom. The normalized spacial score (nSPS) is 10.6. The summed E-state index contributed by atoms with van der Waals surface area (Å²) in [4.78, 5) is 12.0. The Hall–Kier alpha value is -1.75. The van der Waals surface area contributed by atoms with E-state index in [-0.39, 0.29) is 6.61 Å². The molecule has 0 spiro atoms. The molecule has 2 N–H and O–H groups in total. The fourth-order valence-electron chi connectivity index (χ4n) is 1.61. The Bertz CT molecular complexity index is 432. The molecule has 5 nitrogen and oxygen atoms in total. The zero-order valence-electron chi connectivity index (χ0n) is 12.3. The van der Waals surface area contributed by atoms with E-state index in [1.165, 1.54) is 0 Å². The topological polar surface area (TPSA) is 70.8 Å². The van der Waals surface area contributed by atoms with E-state index in [0.717, 1.165) is 0 Å². The summed E-state index contributed by atoms with van der Waals surface area (Å²) in [6.45, 7) is 7.65. The third-order valence-electron chi connectivity index (χ3n) is 2.47. The SMILES string of the molecule is CCOc1c(N)cccc1C(=O)OCCOCC(C)C. The summed E-state index contributed by atoms with van der Waals surface area (Å²) < 4.78 is 15.9. The average molecular weight is 281 g/mol. The molecule has 0 aliphatic heterocycles. The summed E-state index contributed by atoms with van der Waals surface area (Å²) in [6.07, 6.45) is 0. The molecule has 0 fully saturated rings. The highest BCUT2D eigenvalue weighted by atomic mass is 16.6. The number of esters is 1. The van der Waals surface area contributed by atoms with Gasteiger partial charge in [-0.2, -0.15) is 0 Å². The minimum Gasteiger partial charge on any atom is -0.491 e. The molecule has 0 bridgehead atoms. The highest BCUT2D eigenvalue weighted by Crippen LogP contribution is 2.26. The largest absolute Gasteiger partial charge is 0.491 e. The van der Waals surface area contributed by atoms with E-state index >= 15 is 0 Å². The standard InChI is InChI=1S/C15H23NO4/c1-4-19-14-12(6-5-7-13(14)16)15(17)20-9-8-18-10-11(2)3/h5-7,11H,4,8-10,16H2,1-3H3. The van der Waals surface area contributed by atoms with Crippen LogP contribution in [0.1, 0.15) is 31.1 Å². The molecule has 1 aromatic rings. The third kappa shape index (κ3) is 5.09. The molecule has 20 heavy (non-hydrogen) atoms. The summed E-state index contributed by atoms with van der Waals surface area (Å²) in [6, 6.07) is 5.02. The first-order valence-corrected chi connectivity index (χ1v) is 6.82. The molecule has 1 rings (SSSR count). The molecule has 0 saturated carbocycles. The minimum absolute atomic E-state index is 0.214. The minimum atomic E-state index is -0.450. The number of nitrogen functional groups attached to an aromatic ring is 1. The molecule has 5 heteroatoms. The Labute approximate surface area is 120 Å². The lowest BCUT2D eigenvalue weighted by Gasteiger charge is -2.12. The van der Waals surface area contributed by atoms with Crippen LogP contribution in [-0.4, -0.2) is 32.4 Å². The van der Waals surface area contributed by atoms with Crippen LogP contribution in [0, 0.1) is 5.92 Å². The first kappa shape index (κ1) is 16.3. The first-order chi connectivity index (χ1) is 9.56. The van der Waals surface area contributed by atoms with Crippen LogP contribution in [0.2, 0.25) is 0 Å². The predicted octanol–water partition coefficient (Wildman–Crippen LogP) is 2.50. The van der Waals surface area contributed by atoms with Crippen molar-refractivity contribution in [1.82, 2.24) is 0 Å². The number of anilines is 1. The first-order valence-electron chi connectivity index (χ1n) is 6.82. The zero-order chi connectivity index (χ0) is 15.0. The molecule has 0 aliphatic rings. The van der Waals surface area contributed by atoms with Crippen molar-refractivity contribution in [2.24, 2.45) is 5.92 Å². The van der Waals surface area contributed by atoms with E-state index in [9.17, 15) is 4.79 Å². The van der Waals surface area contributed by atoms with Gasteiger partial charge in [-0.15, -0.1) is 0 Å². The zero-order valence-corrected chi connectivity index (χ0v) is 12.3. The molecular formula is C15H23NO4. The Kier molecular flexibility index (Phi) is 6.87. The van der Waals surface area contributed by atoms with Crippen molar-refractivity contribution in [3.05, 3.63) is 23.8 Å². The Morgan fingerprint density at radius 3 is 2.70 bits per heavy atom. The number of para-hydroxylation sites is 1. The molecule has 0 radical (unpaired) electrons. The van der Waals surface area contributed by atoms with Gasteiger partial charge in [-0.05, 0) is 25.0 Å². The summed E-state index contributed by atoms with van der Waals surface area (Å²) in [5.41, 5.74) is 6.57. The van der Waals surface area contributed by atoms with Gasteiger partial charge in [0.1, 0.15) is 12.2 Å². The predicted molar refractivity (Wildman–Crippen MR) is 78.0 cm³/mol. The summed E-state index contributed by atoms with van der Waals surface area (Å²) in [5.74, 6) is 0.390. The van der Waals surface area contributed by atoms with Crippen molar-refractivity contribution >= 4 is 11.7 Å². The summed E-state index contributed by atoms with van der Waals surface area (Å²) >= 11 is 0. The second kappa shape index (κ2) is 8.43. The molecule has 0 aromatic heterocycles. The van der Waals surface area contributed by atoms with Crippen LogP contribution in [0.3, 0.4) is 0 Å². The van der Waals surface area contributed by atoms with Gasteiger partial charge in [0.05, 0.1) is 18.9 Å². The molecular weight excluding hydrogens is 258 g/mol. The molecule has 112 valence electrons. The molecule has 0 unspecified atom stereocenters. The van der Waals surface area contributed by atoms with E-state index in [0.29, 0.717) is 42.7 Å². The van der Waals surface area contributed by atoms with Gasteiger partial charge in [-0.3, -0.25) is 0 Å². The van der Waals surface area contributed by atoms with Crippen molar-refractivity contribution in [2.75, 3.05) is 32.2 Å². The second-order valence-corrected chi connectivity index (χ2v) is 4.76. The number of hydrogen-bond acceptors (Lipinski definition) is 5. The molecule has 0 aliphatic carbocycles. The van der Waals surface area contributed by atoms with Gasteiger partial charge in [0.2, 0.25) is 0 Å². The molecule has 0 saturated heterocycles. The van der Waals surface area contributed by atoms with Crippen LogP contribution in [0.4, 0.5) is 5.69 Å². The Balaban J connectivity index is 2.53. The highest BCUT2D eigenvalue weighted by Gasteiger charge is 2.16. The number of benzene rings is 1. The fourth-order valence-corrected chi connectivity index (χ4v) is 1.61. The molecule has 0 amide bonds. The van der Waals surface area contributed by atoms with E-state index in [4.69, 9.17) is 19.9 Å². The fraction of sp³-hybridized carbons (Fsp3) is 0.533. The van der Waals surface area contributed by atoms with Gasteiger partial charge in [-0.25, -0.2) is 4.79 Å². The number of rotatable bonds is 8. The van der Waals surface area contributed by atoms with Crippen molar-refractivity contribution in [1.29, 1.82) is 0 Å². The van der Waals surface area contributed by atoms with E-state index in [1.807, 2.05) is 6.92 Å². The van der Waals surface area contributed by atoms with Gasteiger partial charge in [0.25, 0.3) is 0 Å². The van der Waals surface area contributed by atoms with Crippen LogP contribution >= 0.6 is 0 Å². The summed E-state index contributed by atoms with van der Waals surface area (Å²) in [5, 5.41) is 0. The van der Waals surface area contributed by atoms with Crippen molar-refractivity contribution in [2.45, 2.75) is 20.8 Å². The van der Waals surface area contributed by atoms with Crippen LogP contribution in [0.5, 0.6) is 5.75 Å². The number of carbonyl (C=O) groups excluding carboxylic acids is 1. The van der Waals surface area contributed by atoms with Crippen LogP contribution < -0.4 is 10.5 Å². The van der Waals surface area contributed by atoms with Crippen molar-refractivity contribution in [3.63, 3.8) is 0 Å². The van der Waals surface area contributed by atoms with Gasteiger partial charge >= 0.3 is 5.97 Å². The highest BCUT2D eigenvalue weighted by molar-refractivity contribution is 5.94. The van der Waals surface area contributed by atoms with E-state index in [1.54, 1.807) is 18.2 Å². The van der Waals surface area contributed by atoms with Gasteiger partial charge in [0, 0.05) is 6.61 Å². The molecule has 0 heterocycles. The maximum atomic E-state index is 12.0. The van der Waals surface area contributed by atoms with Crippen LogP contribution in [0.15, 0.2) is 18.2 Å². The van der Waals surface area contributed by atoms with Gasteiger partial charge in [0.15, 0.2) is 5.75 Å². The van der Waals surface area contributed by atoms with Gasteiger partial charge < -0.3 is 19.9 Å². The van der Waals surface area contributed by atoms with E-state index < -0.39 is 5.97 Å². The monoisotopic (exact) mass is 281 g/mol. The maximum absolute atomic E-state index is 12.0. The lowest BCUT2D eigenvalue weighted by atomic mass is 10.2. The maximum Gasteiger partial charge on any atom is 0.342 e. The molecule has 1 aromatic carbocycles. The van der Waals surface area contributed by atoms with Crippen molar-refractivity contribution in [3.8, 4) is 5.75 Å². The van der Waals surface area contributed by atoms with Crippen molar-refractivity contribution < 1.29 is 19.0 Å². The number of nitrogens with two attached hydrogens (primary N) is 1.